The Kier molecular flexibility index (Phi) is 2.68. The van der Waals surface area contributed by atoms with Crippen molar-refractivity contribution >= 4 is 11.6 Å². The molecular formula is C13H10O3. The number of hydrogen-bond donors (Lipinski definition) is 0. The molecule has 2 aromatic rings. The molecule has 0 N–H and O–H groups in total. The number of Topliss-reactive ketones (excluding diaryl/α,β-unsaturated/α-hetero) is 1. The number of furan rings is 1. The second-order valence-corrected chi connectivity index (χ2v) is 3.41. The molecule has 0 atom stereocenters. The van der Waals surface area contributed by atoms with E-state index in [2.05, 4.69) is 0 Å². The van der Waals surface area contributed by atoms with Crippen molar-refractivity contribution in [3.05, 3.63) is 59.5 Å². The second-order valence-electron chi connectivity index (χ2n) is 3.41. The van der Waals surface area contributed by atoms with E-state index < -0.39 is 0 Å². The van der Waals surface area contributed by atoms with Crippen molar-refractivity contribution in [1.29, 1.82) is 0 Å². The summed E-state index contributed by atoms with van der Waals surface area (Å²) in [5.74, 6) is -0.153. The first-order valence-electron chi connectivity index (χ1n) is 4.88. The Balaban J connectivity index is 2.49. The Morgan fingerprint density at radius 3 is 2.25 bits per heavy atom. The number of carbonyl (C=O) groups is 2. The lowest BCUT2D eigenvalue weighted by atomic mass is 10.00. The van der Waals surface area contributed by atoms with Crippen LogP contribution in [0.2, 0.25) is 0 Å². The zero-order valence-corrected chi connectivity index (χ0v) is 8.77. The molecule has 80 valence electrons. The number of benzene rings is 1. The van der Waals surface area contributed by atoms with Gasteiger partial charge in [-0.25, -0.2) is 0 Å². The molecule has 0 spiro atoms. The maximum atomic E-state index is 12.0. The molecule has 0 aliphatic carbocycles. The van der Waals surface area contributed by atoms with E-state index in [1.54, 1.807) is 36.4 Å². The van der Waals surface area contributed by atoms with E-state index in [0.29, 0.717) is 11.1 Å². The highest BCUT2D eigenvalue weighted by Crippen LogP contribution is 2.15. The van der Waals surface area contributed by atoms with Crippen molar-refractivity contribution in [2.45, 2.75) is 6.92 Å². The Morgan fingerprint density at radius 2 is 1.69 bits per heavy atom. The highest BCUT2D eigenvalue weighted by Gasteiger charge is 2.17. The monoisotopic (exact) mass is 214 g/mol. The normalized spacial score (nSPS) is 10.1. The average molecular weight is 214 g/mol. The van der Waals surface area contributed by atoms with Crippen LogP contribution in [0, 0.1) is 0 Å². The predicted molar refractivity (Wildman–Crippen MR) is 58.6 cm³/mol. The molecule has 1 aromatic carbocycles. The summed E-state index contributed by atoms with van der Waals surface area (Å²) in [4.78, 5) is 23.3. The van der Waals surface area contributed by atoms with Gasteiger partial charge in [-0.3, -0.25) is 9.59 Å². The van der Waals surface area contributed by atoms with E-state index >= 15 is 0 Å². The molecule has 16 heavy (non-hydrogen) atoms. The molecule has 0 saturated heterocycles. The first kappa shape index (κ1) is 10.4. The van der Waals surface area contributed by atoms with Gasteiger partial charge in [-0.15, -0.1) is 0 Å². The van der Waals surface area contributed by atoms with Gasteiger partial charge in [-0.05, 0) is 19.1 Å². The first-order valence-corrected chi connectivity index (χ1v) is 4.88. The van der Waals surface area contributed by atoms with Gasteiger partial charge in [0.15, 0.2) is 11.5 Å². The molecule has 0 aliphatic rings. The van der Waals surface area contributed by atoms with Crippen LogP contribution in [-0.2, 0) is 0 Å². The molecule has 0 amide bonds. The van der Waals surface area contributed by atoms with Crippen LogP contribution in [0.25, 0.3) is 0 Å². The van der Waals surface area contributed by atoms with E-state index in [4.69, 9.17) is 4.42 Å². The van der Waals surface area contributed by atoms with Gasteiger partial charge < -0.3 is 4.42 Å². The van der Waals surface area contributed by atoms with Crippen LogP contribution in [0.15, 0.2) is 47.1 Å². The largest absolute Gasteiger partial charge is 0.461 e. The molecule has 0 bridgehead atoms. The zero-order chi connectivity index (χ0) is 11.5. The fourth-order valence-corrected chi connectivity index (χ4v) is 1.53. The molecule has 0 saturated carbocycles. The van der Waals surface area contributed by atoms with Gasteiger partial charge in [0.2, 0.25) is 5.78 Å². The third-order valence-corrected chi connectivity index (χ3v) is 2.30. The molecule has 1 heterocycles. The lowest BCUT2D eigenvalue weighted by molar-refractivity contribution is 0.0979. The highest BCUT2D eigenvalue weighted by atomic mass is 16.3. The average Bonchev–Trinajstić information content (AvgIpc) is 2.81. The van der Waals surface area contributed by atoms with Gasteiger partial charge in [0.1, 0.15) is 0 Å². The third kappa shape index (κ3) is 1.80. The van der Waals surface area contributed by atoms with Crippen molar-refractivity contribution in [2.24, 2.45) is 0 Å². The Hall–Kier alpha value is -2.16. The first-order chi connectivity index (χ1) is 7.70. The van der Waals surface area contributed by atoms with Gasteiger partial charge in [0.05, 0.1) is 6.26 Å². The van der Waals surface area contributed by atoms with Gasteiger partial charge in [-0.2, -0.15) is 0 Å². The summed E-state index contributed by atoms with van der Waals surface area (Å²) in [5, 5.41) is 0. The third-order valence-electron chi connectivity index (χ3n) is 2.30. The van der Waals surface area contributed by atoms with Crippen LogP contribution in [-0.4, -0.2) is 11.6 Å². The number of hydrogen-bond acceptors (Lipinski definition) is 3. The lowest BCUT2D eigenvalue weighted by Crippen LogP contribution is -2.07. The summed E-state index contributed by atoms with van der Waals surface area (Å²) in [5.41, 5.74) is 0.800. The van der Waals surface area contributed by atoms with Gasteiger partial charge >= 0.3 is 0 Å². The topological polar surface area (TPSA) is 47.3 Å². The summed E-state index contributed by atoms with van der Waals surface area (Å²) >= 11 is 0. The molecule has 1 aromatic heterocycles. The Bertz CT molecular complexity index is 524. The molecule has 0 fully saturated rings. The molecule has 3 nitrogen and oxygen atoms in total. The maximum absolute atomic E-state index is 12.0. The number of carbonyl (C=O) groups excluding carboxylic acids is 2. The van der Waals surface area contributed by atoms with Crippen LogP contribution >= 0.6 is 0 Å². The quantitative estimate of drug-likeness (QED) is 0.738. The van der Waals surface area contributed by atoms with Crippen LogP contribution in [0.1, 0.15) is 33.4 Å². The van der Waals surface area contributed by atoms with Crippen LogP contribution in [0.4, 0.5) is 0 Å². The van der Waals surface area contributed by atoms with Crippen molar-refractivity contribution in [2.75, 3.05) is 0 Å². The summed E-state index contributed by atoms with van der Waals surface area (Å²) in [6.45, 7) is 1.44. The zero-order valence-electron chi connectivity index (χ0n) is 8.77. The predicted octanol–water partition coefficient (Wildman–Crippen LogP) is 2.71. The minimum Gasteiger partial charge on any atom is -0.461 e. The molecule has 3 heteroatoms. The number of ketones is 2. The van der Waals surface area contributed by atoms with Gasteiger partial charge in [0.25, 0.3) is 0 Å². The maximum Gasteiger partial charge on any atom is 0.228 e. The fourth-order valence-electron chi connectivity index (χ4n) is 1.53. The standard InChI is InChI=1S/C13H10O3/c1-9(14)10-5-2-3-6-11(10)13(15)12-7-4-8-16-12/h2-8H,1H3. The summed E-state index contributed by atoms with van der Waals surface area (Å²) < 4.78 is 5.02. The van der Waals surface area contributed by atoms with E-state index in [1.807, 2.05) is 0 Å². The molecular weight excluding hydrogens is 204 g/mol. The van der Waals surface area contributed by atoms with Crippen molar-refractivity contribution in [3.63, 3.8) is 0 Å². The summed E-state index contributed by atoms with van der Waals surface area (Å²) in [6, 6.07) is 9.95. The van der Waals surface area contributed by atoms with E-state index in [9.17, 15) is 9.59 Å². The highest BCUT2D eigenvalue weighted by molar-refractivity contribution is 6.14. The Morgan fingerprint density at radius 1 is 1.00 bits per heavy atom. The van der Waals surface area contributed by atoms with E-state index in [0.717, 1.165) is 0 Å². The van der Waals surface area contributed by atoms with Crippen LogP contribution in [0.5, 0.6) is 0 Å². The smallest absolute Gasteiger partial charge is 0.228 e. The number of rotatable bonds is 3. The van der Waals surface area contributed by atoms with Gasteiger partial charge in [-0.1, -0.05) is 24.3 Å². The van der Waals surface area contributed by atoms with E-state index in [1.165, 1.54) is 13.2 Å². The van der Waals surface area contributed by atoms with Crippen molar-refractivity contribution in [3.8, 4) is 0 Å². The summed E-state index contributed by atoms with van der Waals surface area (Å²) in [6.07, 6.45) is 1.43. The second kappa shape index (κ2) is 4.14. The molecule has 0 aliphatic heterocycles. The molecule has 0 unspecified atom stereocenters. The minimum absolute atomic E-state index is 0.129. The van der Waals surface area contributed by atoms with Gasteiger partial charge in [0, 0.05) is 11.1 Å². The minimum atomic E-state index is -0.268. The van der Waals surface area contributed by atoms with Crippen molar-refractivity contribution < 1.29 is 14.0 Å². The molecule has 2 rings (SSSR count). The fraction of sp³-hybridized carbons (Fsp3) is 0.0769. The van der Waals surface area contributed by atoms with Crippen LogP contribution < -0.4 is 0 Å². The summed E-state index contributed by atoms with van der Waals surface area (Å²) in [7, 11) is 0. The SMILES string of the molecule is CC(=O)c1ccccc1C(=O)c1ccco1. The van der Waals surface area contributed by atoms with Crippen molar-refractivity contribution in [1.82, 2.24) is 0 Å². The lowest BCUT2D eigenvalue weighted by Gasteiger charge is -2.03. The molecule has 0 radical (unpaired) electrons. The van der Waals surface area contributed by atoms with Crippen LogP contribution in [0.3, 0.4) is 0 Å². The Labute approximate surface area is 92.7 Å². The van der Waals surface area contributed by atoms with E-state index in [-0.39, 0.29) is 17.3 Å².